The van der Waals surface area contributed by atoms with Gasteiger partial charge in [-0.2, -0.15) is 0 Å². The molecule has 0 fully saturated rings. The summed E-state index contributed by atoms with van der Waals surface area (Å²) in [6, 6.07) is -0.121. The van der Waals surface area contributed by atoms with Crippen LogP contribution in [-0.4, -0.2) is 30.4 Å². The Bertz CT molecular complexity index is 135. The molecule has 0 rings (SSSR count). The summed E-state index contributed by atoms with van der Waals surface area (Å²) in [6.45, 7) is 4.63. The standard InChI is InChI=1S/C7H16ClN2OP/c1-3-12-6(2)10-7(11)9-5-4-8/h6,12H,3-5H2,1-2H3,(H2,9,10,11). The summed E-state index contributed by atoms with van der Waals surface area (Å²) in [5.41, 5.74) is 0. The van der Waals surface area contributed by atoms with E-state index in [9.17, 15) is 4.79 Å². The van der Waals surface area contributed by atoms with Gasteiger partial charge in [-0.15, -0.1) is 11.6 Å². The first-order valence-corrected chi connectivity index (χ1v) is 5.86. The number of urea groups is 1. The second-order valence-electron chi connectivity index (χ2n) is 2.37. The molecule has 0 saturated carbocycles. The van der Waals surface area contributed by atoms with Crippen LogP contribution in [0.1, 0.15) is 13.8 Å². The lowest BCUT2D eigenvalue weighted by Gasteiger charge is -2.12. The van der Waals surface area contributed by atoms with Gasteiger partial charge in [0.15, 0.2) is 0 Å². The minimum absolute atomic E-state index is 0.121. The summed E-state index contributed by atoms with van der Waals surface area (Å²) in [5.74, 6) is 0.725. The quantitative estimate of drug-likeness (QED) is 0.525. The third-order valence-corrected chi connectivity index (χ3v) is 2.59. The van der Waals surface area contributed by atoms with Crippen LogP contribution in [0.15, 0.2) is 0 Å². The van der Waals surface area contributed by atoms with Crippen LogP contribution in [0.3, 0.4) is 0 Å². The second kappa shape index (κ2) is 7.63. The molecular weight excluding hydrogens is 195 g/mol. The fourth-order valence-corrected chi connectivity index (χ4v) is 1.71. The molecule has 3 nitrogen and oxygen atoms in total. The molecule has 0 aromatic carbocycles. The summed E-state index contributed by atoms with van der Waals surface area (Å²) in [4.78, 5) is 11.0. The average molecular weight is 211 g/mol. The molecule has 0 aromatic rings. The van der Waals surface area contributed by atoms with E-state index in [1.165, 1.54) is 0 Å². The van der Waals surface area contributed by atoms with Gasteiger partial charge >= 0.3 is 6.03 Å². The average Bonchev–Trinajstić information content (AvgIpc) is 2.01. The third-order valence-electron chi connectivity index (χ3n) is 1.24. The number of hydrogen-bond acceptors (Lipinski definition) is 1. The highest BCUT2D eigenvalue weighted by Gasteiger charge is 2.03. The lowest BCUT2D eigenvalue weighted by molar-refractivity contribution is 0.241. The van der Waals surface area contributed by atoms with Crippen molar-refractivity contribution >= 4 is 26.2 Å². The number of carbonyl (C=O) groups is 1. The zero-order valence-corrected chi connectivity index (χ0v) is 9.24. The van der Waals surface area contributed by atoms with Crippen molar-refractivity contribution in [2.45, 2.75) is 19.6 Å². The molecular formula is C7H16ClN2OP. The Morgan fingerprint density at radius 3 is 2.83 bits per heavy atom. The van der Waals surface area contributed by atoms with Crippen molar-refractivity contribution in [1.82, 2.24) is 10.6 Å². The van der Waals surface area contributed by atoms with Gasteiger partial charge < -0.3 is 10.6 Å². The normalized spacial score (nSPS) is 13.2. The van der Waals surface area contributed by atoms with E-state index in [4.69, 9.17) is 11.6 Å². The highest BCUT2D eigenvalue weighted by molar-refractivity contribution is 7.38. The molecule has 72 valence electrons. The zero-order chi connectivity index (χ0) is 9.40. The fraction of sp³-hybridized carbons (Fsp3) is 0.857. The fourth-order valence-electron chi connectivity index (χ4n) is 0.766. The topological polar surface area (TPSA) is 41.1 Å². The SMILES string of the molecule is CCPC(C)NC(=O)NCCCl. The summed E-state index contributed by atoms with van der Waals surface area (Å²) in [5, 5.41) is 5.46. The Morgan fingerprint density at radius 1 is 1.67 bits per heavy atom. The molecule has 2 N–H and O–H groups in total. The van der Waals surface area contributed by atoms with Gasteiger partial charge in [0.2, 0.25) is 0 Å². The van der Waals surface area contributed by atoms with E-state index in [1.807, 2.05) is 6.92 Å². The van der Waals surface area contributed by atoms with E-state index < -0.39 is 0 Å². The first-order chi connectivity index (χ1) is 5.70. The first-order valence-electron chi connectivity index (χ1n) is 4.04. The van der Waals surface area contributed by atoms with Gasteiger partial charge in [-0.05, 0) is 13.1 Å². The van der Waals surface area contributed by atoms with Crippen LogP contribution in [0.4, 0.5) is 4.79 Å². The number of halogens is 1. The largest absolute Gasteiger partial charge is 0.337 e. The van der Waals surface area contributed by atoms with Crippen LogP contribution in [0.2, 0.25) is 0 Å². The number of hydrogen-bond donors (Lipinski definition) is 2. The lowest BCUT2D eigenvalue weighted by atomic mass is 10.7. The van der Waals surface area contributed by atoms with Crippen molar-refractivity contribution < 1.29 is 4.79 Å². The number of carbonyl (C=O) groups excluding carboxylic acids is 1. The first kappa shape index (κ1) is 12.0. The van der Waals surface area contributed by atoms with E-state index >= 15 is 0 Å². The highest BCUT2D eigenvalue weighted by atomic mass is 35.5. The summed E-state index contributed by atoms with van der Waals surface area (Å²) in [7, 11) is 0.782. The van der Waals surface area contributed by atoms with Crippen molar-refractivity contribution in [3.8, 4) is 0 Å². The number of nitrogens with one attached hydrogen (secondary N) is 2. The van der Waals surface area contributed by atoms with Crippen molar-refractivity contribution in [2.75, 3.05) is 18.6 Å². The molecule has 0 aromatic heterocycles. The molecule has 5 heteroatoms. The minimum atomic E-state index is -0.121. The molecule has 0 heterocycles. The predicted octanol–water partition coefficient (Wildman–Crippen LogP) is 1.57. The predicted molar refractivity (Wildman–Crippen MR) is 55.6 cm³/mol. The van der Waals surface area contributed by atoms with E-state index in [1.54, 1.807) is 0 Å². The van der Waals surface area contributed by atoms with E-state index in [2.05, 4.69) is 17.6 Å². The van der Waals surface area contributed by atoms with Crippen LogP contribution in [0.25, 0.3) is 0 Å². The van der Waals surface area contributed by atoms with Crippen molar-refractivity contribution in [3.63, 3.8) is 0 Å². The Morgan fingerprint density at radius 2 is 2.33 bits per heavy atom. The summed E-state index contributed by atoms with van der Waals surface area (Å²) in [6.07, 6.45) is 1.11. The van der Waals surface area contributed by atoms with E-state index in [0.29, 0.717) is 12.4 Å². The Hall–Kier alpha value is -0.0100. The number of alkyl halides is 1. The summed E-state index contributed by atoms with van der Waals surface area (Å²) >= 11 is 5.40. The molecule has 0 bridgehead atoms. The van der Waals surface area contributed by atoms with Gasteiger partial charge in [-0.3, -0.25) is 0 Å². The maximum atomic E-state index is 11.0. The molecule has 2 amide bonds. The molecule has 0 saturated heterocycles. The van der Waals surface area contributed by atoms with Crippen LogP contribution < -0.4 is 10.6 Å². The molecule has 0 radical (unpaired) electrons. The third kappa shape index (κ3) is 6.68. The lowest BCUT2D eigenvalue weighted by Crippen LogP contribution is -2.39. The van der Waals surface area contributed by atoms with Gasteiger partial charge in [0.05, 0.1) is 0 Å². The highest BCUT2D eigenvalue weighted by Crippen LogP contribution is 2.13. The second-order valence-corrected chi connectivity index (χ2v) is 4.73. The van der Waals surface area contributed by atoms with Gasteiger partial charge in [-0.25, -0.2) is 4.79 Å². The Labute approximate surface area is 80.4 Å². The molecule has 2 unspecified atom stereocenters. The van der Waals surface area contributed by atoms with E-state index in [-0.39, 0.29) is 11.8 Å². The van der Waals surface area contributed by atoms with Crippen molar-refractivity contribution in [2.24, 2.45) is 0 Å². The number of rotatable bonds is 5. The molecule has 2 atom stereocenters. The molecule has 0 aliphatic rings. The maximum Gasteiger partial charge on any atom is 0.315 e. The molecule has 12 heavy (non-hydrogen) atoms. The maximum absolute atomic E-state index is 11.0. The van der Waals surface area contributed by atoms with Crippen molar-refractivity contribution in [3.05, 3.63) is 0 Å². The van der Waals surface area contributed by atoms with Crippen LogP contribution in [-0.2, 0) is 0 Å². The van der Waals surface area contributed by atoms with Gasteiger partial charge in [0.1, 0.15) is 0 Å². The zero-order valence-electron chi connectivity index (χ0n) is 7.48. The van der Waals surface area contributed by atoms with Gasteiger partial charge in [0, 0.05) is 18.2 Å². The van der Waals surface area contributed by atoms with Crippen LogP contribution in [0, 0.1) is 0 Å². The van der Waals surface area contributed by atoms with Crippen LogP contribution in [0.5, 0.6) is 0 Å². The Kier molecular flexibility index (Phi) is 7.62. The molecule has 0 spiro atoms. The minimum Gasteiger partial charge on any atom is -0.337 e. The molecule has 0 aliphatic carbocycles. The van der Waals surface area contributed by atoms with Crippen molar-refractivity contribution in [1.29, 1.82) is 0 Å². The number of amides is 2. The van der Waals surface area contributed by atoms with Crippen LogP contribution >= 0.6 is 20.2 Å². The van der Waals surface area contributed by atoms with Gasteiger partial charge in [0.25, 0.3) is 0 Å². The van der Waals surface area contributed by atoms with Gasteiger partial charge in [-0.1, -0.05) is 15.5 Å². The summed E-state index contributed by atoms with van der Waals surface area (Å²) < 4.78 is 0. The Balaban J connectivity index is 3.40. The smallest absolute Gasteiger partial charge is 0.315 e. The van der Waals surface area contributed by atoms with E-state index in [0.717, 1.165) is 14.7 Å². The monoisotopic (exact) mass is 210 g/mol. The molecule has 0 aliphatic heterocycles.